The van der Waals surface area contributed by atoms with Crippen LogP contribution in [0.3, 0.4) is 0 Å². The molecule has 0 spiro atoms. The lowest BCUT2D eigenvalue weighted by Gasteiger charge is -2.09. The minimum Gasteiger partial charge on any atom is -0.319 e. The Labute approximate surface area is 125 Å². The van der Waals surface area contributed by atoms with E-state index in [1.54, 1.807) is 26.0 Å². The van der Waals surface area contributed by atoms with Gasteiger partial charge in [0, 0.05) is 23.9 Å². The first-order valence-corrected chi connectivity index (χ1v) is 6.45. The molecule has 1 heterocycles. The third-order valence-corrected chi connectivity index (χ3v) is 3.17. The molecule has 1 aromatic carbocycles. The molecule has 21 heavy (non-hydrogen) atoms. The Balaban J connectivity index is 2.35. The molecule has 1 aromatic heterocycles. The minimum absolute atomic E-state index is 0.130. The first-order chi connectivity index (χ1) is 9.88. The van der Waals surface area contributed by atoms with E-state index in [0.29, 0.717) is 11.3 Å². The second kappa shape index (κ2) is 5.88. The summed E-state index contributed by atoms with van der Waals surface area (Å²) in [6.45, 7) is 3.47. The fraction of sp³-hybridized carbons (Fsp3) is 0.143. The molecule has 7 heteroatoms. The maximum Gasteiger partial charge on any atom is 0.270 e. The van der Waals surface area contributed by atoms with Crippen LogP contribution in [0.2, 0.25) is 5.15 Å². The normalized spacial score (nSPS) is 10.2. The van der Waals surface area contributed by atoms with Gasteiger partial charge < -0.3 is 5.32 Å². The van der Waals surface area contributed by atoms with Crippen molar-refractivity contribution < 1.29 is 9.72 Å². The van der Waals surface area contributed by atoms with Crippen LogP contribution in [0.5, 0.6) is 0 Å². The van der Waals surface area contributed by atoms with E-state index in [1.165, 1.54) is 18.3 Å². The number of carbonyl (C=O) groups is 1. The molecule has 6 nitrogen and oxygen atoms in total. The topological polar surface area (TPSA) is 85.1 Å². The quantitative estimate of drug-likeness (QED) is 0.534. The van der Waals surface area contributed by atoms with Gasteiger partial charge in [-0.15, -0.1) is 0 Å². The molecule has 2 rings (SSSR count). The first-order valence-electron chi connectivity index (χ1n) is 6.07. The second-order valence-electron chi connectivity index (χ2n) is 4.56. The first kappa shape index (κ1) is 14.9. The van der Waals surface area contributed by atoms with E-state index in [9.17, 15) is 14.9 Å². The number of amides is 1. The van der Waals surface area contributed by atoms with Gasteiger partial charge in [0.2, 0.25) is 0 Å². The molecule has 0 radical (unpaired) electrons. The Morgan fingerprint density at radius 3 is 2.67 bits per heavy atom. The highest BCUT2D eigenvalue weighted by atomic mass is 35.5. The zero-order valence-electron chi connectivity index (χ0n) is 11.4. The van der Waals surface area contributed by atoms with Gasteiger partial charge in [-0.2, -0.15) is 0 Å². The van der Waals surface area contributed by atoms with E-state index < -0.39 is 10.8 Å². The van der Waals surface area contributed by atoms with Crippen molar-refractivity contribution in [2.24, 2.45) is 0 Å². The fourth-order valence-electron chi connectivity index (χ4n) is 1.86. The van der Waals surface area contributed by atoms with Crippen LogP contribution in [0.1, 0.15) is 21.5 Å². The number of nitrogens with zero attached hydrogens (tertiary/aromatic N) is 2. The summed E-state index contributed by atoms with van der Waals surface area (Å²) in [7, 11) is 0. The number of halogens is 1. The van der Waals surface area contributed by atoms with Gasteiger partial charge in [-0.3, -0.25) is 14.9 Å². The van der Waals surface area contributed by atoms with Crippen LogP contribution in [-0.2, 0) is 0 Å². The average Bonchev–Trinajstić information content (AvgIpc) is 2.42. The molecule has 0 fully saturated rings. The summed E-state index contributed by atoms with van der Waals surface area (Å²) in [6.07, 6.45) is 1.53. The number of nitro benzene ring substituents is 1. The van der Waals surface area contributed by atoms with Gasteiger partial charge in [0.25, 0.3) is 11.6 Å². The highest BCUT2D eigenvalue weighted by molar-refractivity contribution is 6.32. The van der Waals surface area contributed by atoms with Gasteiger partial charge in [0.1, 0.15) is 0 Å². The van der Waals surface area contributed by atoms with Crippen molar-refractivity contribution in [1.82, 2.24) is 4.98 Å². The lowest BCUT2D eigenvalue weighted by Crippen LogP contribution is -2.14. The number of non-ortho nitro benzene ring substituents is 1. The van der Waals surface area contributed by atoms with E-state index >= 15 is 0 Å². The van der Waals surface area contributed by atoms with Crippen molar-refractivity contribution in [1.29, 1.82) is 0 Å². The van der Waals surface area contributed by atoms with Crippen molar-refractivity contribution in [2.75, 3.05) is 5.32 Å². The number of carbonyl (C=O) groups excluding carboxylic acids is 1. The predicted molar refractivity (Wildman–Crippen MR) is 79.8 cm³/mol. The van der Waals surface area contributed by atoms with Crippen molar-refractivity contribution in [3.63, 3.8) is 0 Å². The maximum atomic E-state index is 12.2. The molecule has 0 bridgehead atoms. The van der Waals surface area contributed by atoms with E-state index in [4.69, 9.17) is 11.6 Å². The number of nitro groups is 1. The molecule has 0 saturated heterocycles. The summed E-state index contributed by atoms with van der Waals surface area (Å²) in [6, 6.07) is 5.91. The van der Waals surface area contributed by atoms with Gasteiger partial charge in [0.05, 0.1) is 10.6 Å². The van der Waals surface area contributed by atoms with Crippen molar-refractivity contribution in [3.8, 4) is 0 Å². The number of pyridine rings is 1. The van der Waals surface area contributed by atoms with E-state index in [2.05, 4.69) is 10.3 Å². The summed E-state index contributed by atoms with van der Waals surface area (Å²) < 4.78 is 0. The Kier molecular flexibility index (Phi) is 4.18. The standard InChI is InChI=1S/C14H12ClN3O3/c1-8-5-10(7-11(6-8)18(20)21)14(19)17-12-9(2)3-4-16-13(12)15/h3-7H,1-2H3,(H,17,19). The Morgan fingerprint density at radius 1 is 1.33 bits per heavy atom. The highest BCUT2D eigenvalue weighted by Gasteiger charge is 2.15. The largest absolute Gasteiger partial charge is 0.319 e. The monoisotopic (exact) mass is 305 g/mol. The van der Waals surface area contributed by atoms with E-state index in [1.807, 2.05) is 0 Å². The molecular weight excluding hydrogens is 294 g/mol. The van der Waals surface area contributed by atoms with E-state index in [0.717, 1.165) is 5.56 Å². The van der Waals surface area contributed by atoms with Gasteiger partial charge >= 0.3 is 0 Å². The Morgan fingerprint density at radius 2 is 2.05 bits per heavy atom. The van der Waals surface area contributed by atoms with E-state index in [-0.39, 0.29) is 16.4 Å². The zero-order valence-corrected chi connectivity index (χ0v) is 12.1. The molecule has 1 amide bonds. The molecule has 0 unspecified atom stereocenters. The summed E-state index contributed by atoms with van der Waals surface area (Å²) in [5, 5.41) is 13.6. The number of anilines is 1. The molecule has 0 atom stereocenters. The number of hydrogen-bond donors (Lipinski definition) is 1. The number of aryl methyl sites for hydroxylation is 2. The number of rotatable bonds is 3. The number of nitrogens with one attached hydrogen (secondary N) is 1. The van der Waals surface area contributed by atoms with Crippen LogP contribution in [0.25, 0.3) is 0 Å². The van der Waals surface area contributed by atoms with Crippen molar-refractivity contribution in [3.05, 3.63) is 62.4 Å². The van der Waals surface area contributed by atoms with Crippen LogP contribution in [0.4, 0.5) is 11.4 Å². The Hall–Kier alpha value is -2.47. The SMILES string of the molecule is Cc1cc(C(=O)Nc2c(C)ccnc2Cl)cc([N+](=O)[O-])c1. The Bertz CT molecular complexity index is 711. The fourth-order valence-corrected chi connectivity index (χ4v) is 2.11. The lowest BCUT2D eigenvalue weighted by molar-refractivity contribution is -0.384. The summed E-state index contributed by atoms with van der Waals surface area (Å²) in [5.41, 5.74) is 1.84. The maximum absolute atomic E-state index is 12.2. The van der Waals surface area contributed by atoms with Gasteiger partial charge in [-0.05, 0) is 37.1 Å². The zero-order chi connectivity index (χ0) is 15.6. The smallest absolute Gasteiger partial charge is 0.270 e. The molecule has 0 aliphatic carbocycles. The second-order valence-corrected chi connectivity index (χ2v) is 4.92. The molecule has 108 valence electrons. The third kappa shape index (κ3) is 3.35. The molecular formula is C14H12ClN3O3. The number of aromatic nitrogens is 1. The van der Waals surface area contributed by atoms with Gasteiger partial charge in [-0.25, -0.2) is 4.98 Å². The molecule has 1 N–H and O–H groups in total. The van der Waals surface area contributed by atoms with Crippen LogP contribution < -0.4 is 5.32 Å². The number of benzene rings is 1. The van der Waals surface area contributed by atoms with Crippen LogP contribution >= 0.6 is 11.6 Å². The van der Waals surface area contributed by atoms with Crippen LogP contribution in [0.15, 0.2) is 30.5 Å². The number of hydrogen-bond acceptors (Lipinski definition) is 4. The van der Waals surface area contributed by atoms with Gasteiger partial charge in [0.15, 0.2) is 5.15 Å². The van der Waals surface area contributed by atoms with Gasteiger partial charge in [-0.1, -0.05) is 11.6 Å². The molecule has 0 saturated carbocycles. The summed E-state index contributed by atoms with van der Waals surface area (Å²) in [4.78, 5) is 26.4. The summed E-state index contributed by atoms with van der Waals surface area (Å²) >= 11 is 5.94. The molecule has 0 aliphatic heterocycles. The van der Waals surface area contributed by atoms with Crippen LogP contribution in [0, 0.1) is 24.0 Å². The molecule has 0 aliphatic rings. The third-order valence-electron chi connectivity index (χ3n) is 2.89. The average molecular weight is 306 g/mol. The van der Waals surface area contributed by atoms with Crippen molar-refractivity contribution >= 4 is 28.9 Å². The highest BCUT2D eigenvalue weighted by Crippen LogP contribution is 2.24. The lowest BCUT2D eigenvalue weighted by atomic mass is 10.1. The molecule has 2 aromatic rings. The predicted octanol–water partition coefficient (Wildman–Crippen LogP) is 3.51. The van der Waals surface area contributed by atoms with Crippen LogP contribution in [-0.4, -0.2) is 15.8 Å². The summed E-state index contributed by atoms with van der Waals surface area (Å²) in [5.74, 6) is -0.472. The van der Waals surface area contributed by atoms with Crippen molar-refractivity contribution in [2.45, 2.75) is 13.8 Å². The minimum atomic E-state index is -0.536.